The molecule has 4 fully saturated rings. The average Bonchev–Trinajstić information content (AvgIpc) is 3.37. The van der Waals surface area contributed by atoms with Crippen molar-refractivity contribution in [2.24, 2.45) is 62.7 Å². The summed E-state index contributed by atoms with van der Waals surface area (Å²) in [5.41, 5.74) is 15.7. The number of carbonyl (C=O) groups is 3. The lowest BCUT2D eigenvalue weighted by molar-refractivity contribution is -0.223. The molecule has 0 saturated heterocycles. The van der Waals surface area contributed by atoms with Gasteiger partial charge >= 0.3 is 18.0 Å². The van der Waals surface area contributed by atoms with Gasteiger partial charge in [-0.05, 0) is 139 Å². The maximum Gasteiger partial charge on any atom is 0.337 e. The minimum absolute atomic E-state index is 0.0272. The van der Waals surface area contributed by atoms with Gasteiger partial charge in [0.25, 0.3) is 0 Å². The number of hydrogen-bond acceptors (Lipinski definition) is 4. The average molecular weight is 630 g/mol. The molecular formula is C39H55N3O4. The molecule has 0 bridgehead atoms. The molecule has 46 heavy (non-hydrogen) atoms. The number of ether oxygens (including phenoxy) is 1. The molecule has 9 atom stereocenters. The molecule has 250 valence electrons. The van der Waals surface area contributed by atoms with Crippen molar-refractivity contribution in [1.82, 2.24) is 4.90 Å². The number of primary amides is 2. The molecule has 0 unspecified atom stereocenters. The topological polar surface area (TPSA) is 116 Å². The van der Waals surface area contributed by atoms with Crippen molar-refractivity contribution in [3.05, 3.63) is 53.6 Å². The molecule has 0 radical (unpaired) electrons. The van der Waals surface area contributed by atoms with Gasteiger partial charge in [0.05, 0.1) is 18.2 Å². The van der Waals surface area contributed by atoms with E-state index in [9.17, 15) is 14.4 Å². The second-order valence-electron chi connectivity index (χ2n) is 16.9. The number of methoxy groups -OCH3 is 1. The number of carbonyl (C=O) groups excluding carboxylic acids is 3. The van der Waals surface area contributed by atoms with Gasteiger partial charge in [0.1, 0.15) is 0 Å². The van der Waals surface area contributed by atoms with E-state index in [0.29, 0.717) is 23.3 Å². The standard InChI is InChI=1S/C39H55N3O4/c1-23(2)26-15-20-39(42(33(40)44)34(41)45)22-21-37(6)28(31(26)39)13-14-30-36(5)18-16-27(24-9-11-25(12-10-24)32(43)46-8)35(3,4)29(36)17-19-38(30,37)7/h9-12,16,26,28-31H,1,13-15,17-22H2,2-8H3,(H2,40,44)(H2,41,45)/t26-,28+,29-,30+,31+,36-,37+,38+,39-/m0/s1. The first-order valence-corrected chi connectivity index (χ1v) is 17.4. The van der Waals surface area contributed by atoms with Crippen LogP contribution in [0, 0.1) is 51.2 Å². The Labute approximate surface area is 275 Å². The van der Waals surface area contributed by atoms with E-state index in [-0.39, 0.29) is 39.5 Å². The second kappa shape index (κ2) is 10.7. The lowest BCUT2D eigenvalue weighted by atomic mass is 9.33. The molecule has 5 aliphatic rings. The first-order chi connectivity index (χ1) is 21.5. The molecule has 7 nitrogen and oxygen atoms in total. The fourth-order valence-electron chi connectivity index (χ4n) is 13.0. The van der Waals surface area contributed by atoms with Crippen LogP contribution < -0.4 is 11.5 Å². The largest absolute Gasteiger partial charge is 0.465 e. The van der Waals surface area contributed by atoms with Crippen molar-refractivity contribution in [2.75, 3.05) is 7.11 Å². The first kappa shape index (κ1) is 32.8. The molecule has 4 amide bonds. The molecule has 0 heterocycles. The van der Waals surface area contributed by atoms with Gasteiger partial charge in [0, 0.05) is 0 Å². The van der Waals surface area contributed by atoms with Crippen molar-refractivity contribution >= 4 is 23.6 Å². The van der Waals surface area contributed by atoms with Crippen molar-refractivity contribution in [3.63, 3.8) is 0 Å². The minimum Gasteiger partial charge on any atom is -0.465 e. The fraction of sp³-hybridized carbons (Fsp3) is 0.667. The van der Waals surface area contributed by atoms with Crippen LogP contribution in [0.4, 0.5) is 9.59 Å². The number of benzene rings is 1. The second-order valence-corrected chi connectivity index (χ2v) is 16.9. The first-order valence-electron chi connectivity index (χ1n) is 17.4. The van der Waals surface area contributed by atoms with Gasteiger partial charge in [-0.3, -0.25) is 0 Å². The quantitative estimate of drug-likeness (QED) is 0.257. The van der Waals surface area contributed by atoms with Gasteiger partial charge in [-0.15, -0.1) is 0 Å². The summed E-state index contributed by atoms with van der Waals surface area (Å²) in [6.45, 7) is 19.1. The number of esters is 1. The molecule has 1 aromatic carbocycles. The Kier molecular flexibility index (Phi) is 7.65. The third kappa shape index (κ3) is 4.24. The van der Waals surface area contributed by atoms with Gasteiger partial charge in [-0.1, -0.05) is 65.0 Å². The van der Waals surface area contributed by atoms with E-state index in [4.69, 9.17) is 16.2 Å². The van der Waals surface area contributed by atoms with Crippen molar-refractivity contribution < 1.29 is 19.1 Å². The van der Waals surface area contributed by atoms with Crippen LogP contribution in [0.15, 0.2) is 42.5 Å². The smallest absolute Gasteiger partial charge is 0.337 e. The Morgan fingerprint density at radius 1 is 0.848 bits per heavy atom. The van der Waals surface area contributed by atoms with Gasteiger partial charge in [-0.25, -0.2) is 19.3 Å². The predicted molar refractivity (Wildman–Crippen MR) is 181 cm³/mol. The van der Waals surface area contributed by atoms with Crippen LogP contribution in [0.25, 0.3) is 5.57 Å². The number of urea groups is 2. The fourth-order valence-corrected chi connectivity index (χ4v) is 13.0. The van der Waals surface area contributed by atoms with Crippen LogP contribution in [0.1, 0.15) is 115 Å². The summed E-state index contributed by atoms with van der Waals surface area (Å²) in [7, 11) is 1.42. The molecule has 7 heteroatoms. The van der Waals surface area contributed by atoms with Crippen molar-refractivity contribution in [2.45, 2.75) is 105 Å². The van der Waals surface area contributed by atoms with Crippen LogP contribution >= 0.6 is 0 Å². The van der Waals surface area contributed by atoms with Gasteiger partial charge < -0.3 is 16.2 Å². The number of hydrogen-bond donors (Lipinski definition) is 2. The molecule has 0 spiro atoms. The normalized spacial score (nSPS) is 40.7. The summed E-state index contributed by atoms with van der Waals surface area (Å²) in [6.07, 6.45) is 11.4. The van der Waals surface area contributed by atoms with Gasteiger partial charge in [-0.2, -0.15) is 0 Å². The molecule has 4 N–H and O–H groups in total. The summed E-state index contributed by atoms with van der Waals surface area (Å²) < 4.78 is 4.93. The third-order valence-electron chi connectivity index (χ3n) is 15.1. The van der Waals surface area contributed by atoms with Crippen molar-refractivity contribution in [1.29, 1.82) is 0 Å². The van der Waals surface area contributed by atoms with Gasteiger partial charge in [0.15, 0.2) is 0 Å². The summed E-state index contributed by atoms with van der Waals surface area (Å²) in [6, 6.07) is 6.49. The molecule has 4 saturated carbocycles. The number of amides is 4. The van der Waals surface area contributed by atoms with E-state index in [0.717, 1.165) is 63.4 Å². The highest BCUT2D eigenvalue weighted by atomic mass is 16.5. The number of imide groups is 1. The number of nitrogens with zero attached hydrogens (tertiary/aromatic N) is 1. The van der Waals surface area contributed by atoms with E-state index < -0.39 is 17.6 Å². The maximum absolute atomic E-state index is 12.8. The molecule has 0 aliphatic heterocycles. The minimum atomic E-state index is -0.719. The zero-order valence-electron chi connectivity index (χ0n) is 29.1. The number of rotatable bonds is 4. The third-order valence-corrected chi connectivity index (χ3v) is 15.1. The number of allylic oxidation sites excluding steroid dienone is 3. The van der Waals surface area contributed by atoms with E-state index in [1.807, 2.05) is 12.1 Å². The molecular weight excluding hydrogens is 574 g/mol. The van der Waals surface area contributed by atoms with Crippen LogP contribution in [-0.2, 0) is 4.74 Å². The summed E-state index contributed by atoms with van der Waals surface area (Å²) >= 11 is 0. The van der Waals surface area contributed by atoms with E-state index in [1.54, 1.807) is 0 Å². The predicted octanol–water partition coefficient (Wildman–Crippen LogP) is 8.34. The zero-order chi connectivity index (χ0) is 33.6. The van der Waals surface area contributed by atoms with Crippen LogP contribution in [0.5, 0.6) is 0 Å². The Morgan fingerprint density at radius 2 is 1.50 bits per heavy atom. The monoisotopic (exact) mass is 629 g/mol. The summed E-state index contributed by atoms with van der Waals surface area (Å²) in [5, 5.41) is 0. The molecule has 6 rings (SSSR count). The Bertz CT molecular complexity index is 1480. The number of fused-ring (bicyclic) bond motifs is 7. The zero-order valence-corrected chi connectivity index (χ0v) is 29.1. The highest BCUT2D eigenvalue weighted by Gasteiger charge is 2.71. The number of nitrogens with two attached hydrogens (primary N) is 2. The Morgan fingerprint density at radius 3 is 2.09 bits per heavy atom. The van der Waals surface area contributed by atoms with Crippen LogP contribution in [0.3, 0.4) is 0 Å². The molecule has 1 aromatic rings. The van der Waals surface area contributed by atoms with Crippen molar-refractivity contribution in [3.8, 4) is 0 Å². The maximum atomic E-state index is 12.8. The van der Waals surface area contributed by atoms with Crippen LogP contribution in [-0.4, -0.2) is 35.6 Å². The highest BCUT2D eigenvalue weighted by molar-refractivity contribution is 5.93. The summed E-state index contributed by atoms with van der Waals surface area (Å²) in [5.74, 6) is 1.48. The molecule has 5 aliphatic carbocycles. The Hall–Kier alpha value is -3.09. The van der Waals surface area contributed by atoms with E-state index in [1.165, 1.54) is 23.1 Å². The van der Waals surface area contributed by atoms with Crippen LogP contribution in [0.2, 0.25) is 0 Å². The lowest BCUT2D eigenvalue weighted by Crippen LogP contribution is -2.70. The highest BCUT2D eigenvalue weighted by Crippen LogP contribution is 2.77. The summed E-state index contributed by atoms with van der Waals surface area (Å²) in [4.78, 5) is 39.0. The van der Waals surface area contributed by atoms with Gasteiger partial charge in [0.2, 0.25) is 0 Å². The lowest BCUT2D eigenvalue weighted by Gasteiger charge is -2.72. The molecule has 0 aromatic heterocycles. The van der Waals surface area contributed by atoms with E-state index >= 15 is 0 Å². The Balaban J connectivity index is 1.37. The SMILES string of the molecule is C=C(C)[C@@H]1CC[C@]2(N(C(N)=O)C(N)=O)CC[C@]3(C)[C@H](CC[C@@H]4[C@@]5(C)CC=C(c6ccc(C(=O)OC)cc6)C(C)(C)[C@@H]5CC[C@]43C)[C@@H]12. The van der Waals surface area contributed by atoms with E-state index in [2.05, 4.69) is 66.3 Å².